The first kappa shape index (κ1) is 56.9. The summed E-state index contributed by atoms with van der Waals surface area (Å²) in [5.41, 5.74) is 6.43. The van der Waals surface area contributed by atoms with Crippen LogP contribution < -0.4 is 48.3 Å². The van der Waals surface area contributed by atoms with Crippen LogP contribution in [0.1, 0.15) is 58.1 Å². The molecule has 2 aromatic rings. The quantitative estimate of drug-likeness (QED) is 0.0422. The van der Waals surface area contributed by atoms with Crippen molar-refractivity contribution in [1.82, 2.24) is 47.4 Å². The average Bonchev–Trinajstić information content (AvgIpc) is 3.84. The number of likely N-dealkylation sites (tertiary alicyclic amines) is 1. The lowest BCUT2D eigenvalue weighted by Crippen LogP contribution is -2.61. The van der Waals surface area contributed by atoms with E-state index in [2.05, 4.69) is 37.2 Å². The minimum atomic E-state index is -1.68. The molecule has 1 heterocycles. The maximum absolute atomic E-state index is 14.3. The summed E-state index contributed by atoms with van der Waals surface area (Å²) in [7, 11) is 0. The van der Waals surface area contributed by atoms with Crippen molar-refractivity contribution < 1.29 is 73.5 Å². The van der Waals surface area contributed by atoms with E-state index >= 15 is 0 Å². The molecule has 0 aliphatic carbocycles. The first-order valence-electron chi connectivity index (χ1n) is 22.5. The van der Waals surface area contributed by atoms with Crippen LogP contribution in [-0.4, -0.2) is 171 Å². The number of carboxylic acids is 1. The number of carboxylic acid groups (broad SMARTS) is 1. The van der Waals surface area contributed by atoms with Crippen molar-refractivity contribution in [3.8, 4) is 11.5 Å². The van der Waals surface area contributed by atoms with Gasteiger partial charge in [-0.05, 0) is 68.0 Å². The number of rotatable bonds is 26. The zero-order valence-corrected chi connectivity index (χ0v) is 39.2. The molecule has 0 aromatic heterocycles. The second kappa shape index (κ2) is 27.6. The molecule has 25 heteroatoms. The molecule has 1 aliphatic heterocycles. The fourth-order valence-corrected chi connectivity index (χ4v) is 7.10. The number of carbonyl (C=O) groups excluding carboxylic acids is 9. The van der Waals surface area contributed by atoms with E-state index < -0.39 is 133 Å². The molecule has 1 saturated heterocycles. The Labute approximate surface area is 403 Å². The van der Waals surface area contributed by atoms with Crippen LogP contribution >= 0.6 is 0 Å². The Kier molecular flexibility index (Phi) is 22.4. The summed E-state index contributed by atoms with van der Waals surface area (Å²) in [6.07, 6.45) is 0.781. The van der Waals surface area contributed by atoms with Gasteiger partial charge in [0.15, 0.2) is 0 Å². The van der Waals surface area contributed by atoms with Crippen molar-refractivity contribution in [1.29, 1.82) is 0 Å². The Morgan fingerprint density at radius 2 is 1.11 bits per heavy atom. The Morgan fingerprint density at radius 3 is 1.61 bits per heavy atom. The van der Waals surface area contributed by atoms with Gasteiger partial charge in [-0.15, -0.1) is 0 Å². The van der Waals surface area contributed by atoms with Crippen molar-refractivity contribution in [2.24, 2.45) is 11.7 Å². The smallest absolute Gasteiger partial charge is 0.328 e. The summed E-state index contributed by atoms with van der Waals surface area (Å²) in [6, 6.07) is 0.368. The van der Waals surface area contributed by atoms with Crippen LogP contribution in [0.3, 0.4) is 0 Å². The number of hydrogen-bond donors (Lipinski definition) is 14. The lowest BCUT2D eigenvalue weighted by atomic mass is 9.96. The van der Waals surface area contributed by atoms with E-state index in [4.69, 9.17) is 15.9 Å². The second-order valence-corrected chi connectivity index (χ2v) is 16.7. The van der Waals surface area contributed by atoms with Gasteiger partial charge >= 0.3 is 5.97 Å². The third-order valence-corrected chi connectivity index (χ3v) is 11.4. The number of aliphatic carboxylic acids is 1. The molecule has 384 valence electrons. The van der Waals surface area contributed by atoms with Gasteiger partial charge in [-0.3, -0.25) is 43.2 Å². The molecule has 0 bridgehead atoms. The summed E-state index contributed by atoms with van der Waals surface area (Å²) in [5.74, 6) is -9.81. The number of aliphatic hydroxyl groups excluding tert-OH is 2. The highest BCUT2D eigenvalue weighted by molar-refractivity contribution is 5.98. The third kappa shape index (κ3) is 17.3. The Morgan fingerprint density at radius 1 is 0.629 bits per heavy atom. The normalized spacial score (nSPS) is 16.6. The zero-order chi connectivity index (χ0) is 52.2. The summed E-state index contributed by atoms with van der Waals surface area (Å²) >= 11 is 0. The molecule has 1 fully saturated rings. The molecule has 1 aliphatic rings. The molecule has 25 nitrogen and oxygen atoms in total. The zero-order valence-electron chi connectivity index (χ0n) is 39.2. The highest BCUT2D eigenvalue weighted by atomic mass is 16.4. The monoisotopic (exact) mass is 984 g/mol. The summed E-state index contributed by atoms with van der Waals surface area (Å²) in [5, 5.41) is 67.3. The number of aliphatic hydroxyl groups is 2. The highest BCUT2D eigenvalue weighted by Gasteiger charge is 2.37. The summed E-state index contributed by atoms with van der Waals surface area (Å²) in [4.78, 5) is 132. The minimum absolute atomic E-state index is 0.0775. The number of nitrogens with zero attached hydrogens (tertiary/aromatic N) is 1. The van der Waals surface area contributed by atoms with Gasteiger partial charge in [0.05, 0.1) is 26.3 Å². The topological polar surface area (TPSA) is 397 Å². The fourth-order valence-electron chi connectivity index (χ4n) is 7.10. The van der Waals surface area contributed by atoms with Gasteiger partial charge in [-0.2, -0.15) is 0 Å². The van der Waals surface area contributed by atoms with Gasteiger partial charge in [0, 0.05) is 19.4 Å². The standard InChI is InChI=1S/C45H64N10O15/c1-5-23(2)37(44(68)53-32(21-56)42(66)48-24(3)38(62)47-20-35(60)50-33(22-57)45(69)70)54-41(65)31(18-27-10-14-29(59)15-11-27)52-40(64)30(17-26-8-12-28(58)13-9-26)51-39(63)25(4)49-43(67)34-7-6-16-55(34)36(61)19-46/h8-15,23-25,30-34,37,56-59H,5-7,16-22,46H2,1-4H3,(H,47,62)(H,48,66)(H,49,67)(H,50,60)(H,51,63)(H,52,64)(H,53,68)(H,54,65)(H,69,70)/t23-,24-,25-,30-,31-,32-,33-,34-,37-/m0/s1. The number of benzene rings is 2. The van der Waals surface area contributed by atoms with E-state index in [1.54, 1.807) is 13.8 Å². The van der Waals surface area contributed by atoms with Gasteiger partial charge in [0.2, 0.25) is 53.2 Å². The molecule has 70 heavy (non-hydrogen) atoms. The van der Waals surface area contributed by atoms with E-state index in [1.165, 1.54) is 67.3 Å². The van der Waals surface area contributed by atoms with Gasteiger partial charge in [0.25, 0.3) is 0 Å². The van der Waals surface area contributed by atoms with E-state index in [0.717, 1.165) is 0 Å². The van der Waals surface area contributed by atoms with Crippen molar-refractivity contribution in [3.63, 3.8) is 0 Å². The molecule has 0 radical (unpaired) electrons. The highest BCUT2D eigenvalue weighted by Crippen LogP contribution is 2.18. The Hall–Kier alpha value is -7.38. The van der Waals surface area contributed by atoms with Crippen LogP contribution in [0.25, 0.3) is 0 Å². The molecule has 15 N–H and O–H groups in total. The van der Waals surface area contributed by atoms with Crippen LogP contribution in [0.5, 0.6) is 11.5 Å². The van der Waals surface area contributed by atoms with Gasteiger partial charge in [-0.25, -0.2) is 4.79 Å². The number of nitrogens with two attached hydrogens (primary N) is 1. The number of amides is 9. The number of phenolic OH excluding ortho intramolecular Hbond substituents is 2. The summed E-state index contributed by atoms with van der Waals surface area (Å²) in [6.45, 7) is 3.31. The van der Waals surface area contributed by atoms with Crippen LogP contribution in [0.2, 0.25) is 0 Å². The van der Waals surface area contributed by atoms with Crippen LogP contribution in [0.15, 0.2) is 48.5 Å². The largest absolute Gasteiger partial charge is 0.508 e. The maximum atomic E-state index is 14.3. The van der Waals surface area contributed by atoms with Crippen LogP contribution in [-0.2, 0) is 60.8 Å². The lowest BCUT2D eigenvalue weighted by Gasteiger charge is -2.29. The Bertz CT molecular complexity index is 2180. The number of nitrogens with one attached hydrogen (secondary N) is 8. The van der Waals surface area contributed by atoms with Crippen molar-refractivity contribution in [2.45, 2.75) is 108 Å². The number of hydrogen-bond acceptors (Lipinski definition) is 15. The van der Waals surface area contributed by atoms with Crippen molar-refractivity contribution in [2.75, 3.05) is 32.8 Å². The van der Waals surface area contributed by atoms with E-state index in [9.17, 15) is 63.3 Å². The predicted octanol–water partition coefficient (Wildman–Crippen LogP) is -4.50. The molecule has 0 saturated carbocycles. The van der Waals surface area contributed by atoms with Crippen LogP contribution in [0, 0.1) is 5.92 Å². The molecule has 0 unspecified atom stereocenters. The van der Waals surface area contributed by atoms with Gasteiger partial charge in [0.1, 0.15) is 59.8 Å². The third-order valence-electron chi connectivity index (χ3n) is 11.4. The number of carbonyl (C=O) groups is 10. The lowest BCUT2D eigenvalue weighted by molar-refractivity contribution is -0.143. The molecule has 2 aromatic carbocycles. The van der Waals surface area contributed by atoms with Gasteiger partial charge < -0.3 is 78.7 Å². The average molecular weight is 985 g/mol. The molecule has 3 rings (SSSR count). The van der Waals surface area contributed by atoms with Crippen molar-refractivity contribution in [3.05, 3.63) is 59.7 Å². The van der Waals surface area contributed by atoms with Crippen molar-refractivity contribution >= 4 is 59.1 Å². The molecule has 9 amide bonds. The summed E-state index contributed by atoms with van der Waals surface area (Å²) < 4.78 is 0. The van der Waals surface area contributed by atoms with Crippen LogP contribution in [0.4, 0.5) is 0 Å². The molecular formula is C45H64N10O15. The predicted molar refractivity (Wildman–Crippen MR) is 247 cm³/mol. The molecule has 9 atom stereocenters. The van der Waals surface area contributed by atoms with Gasteiger partial charge in [-0.1, -0.05) is 44.5 Å². The molecule has 0 spiro atoms. The number of phenols is 2. The first-order valence-corrected chi connectivity index (χ1v) is 22.5. The number of aromatic hydroxyl groups is 2. The van der Waals surface area contributed by atoms with E-state index in [-0.39, 0.29) is 37.3 Å². The Balaban J connectivity index is 1.82. The first-order chi connectivity index (χ1) is 33.1. The minimum Gasteiger partial charge on any atom is -0.508 e. The molecular weight excluding hydrogens is 921 g/mol. The van der Waals surface area contributed by atoms with E-state index in [0.29, 0.717) is 30.5 Å². The SMILES string of the molecule is CC[C@H](C)[C@H](NC(=O)[C@H](Cc1ccc(O)cc1)NC(=O)[C@H](Cc1ccc(O)cc1)NC(=O)[C@H](C)NC(=O)[C@@H]1CCCN1C(=O)CN)C(=O)N[C@@H](CO)C(=O)N[C@@H](C)C(=O)NCC(=O)N[C@@H](CO)C(=O)O. The maximum Gasteiger partial charge on any atom is 0.328 e. The van der Waals surface area contributed by atoms with E-state index in [1.807, 2.05) is 5.32 Å². The fraction of sp³-hybridized carbons (Fsp3) is 0.511. The second-order valence-electron chi connectivity index (χ2n) is 16.7.